The maximum Gasteiger partial charge on any atom is 0.255 e. The van der Waals surface area contributed by atoms with Crippen LogP contribution in [0.15, 0.2) is 64.9 Å². The van der Waals surface area contributed by atoms with Crippen LogP contribution in [0.5, 0.6) is 0 Å². The molecule has 2 N–H and O–H groups in total. The van der Waals surface area contributed by atoms with Gasteiger partial charge >= 0.3 is 0 Å². The number of sulfonamides is 1. The third-order valence-corrected chi connectivity index (χ3v) is 7.06. The van der Waals surface area contributed by atoms with Crippen LogP contribution in [0.1, 0.15) is 29.1 Å². The van der Waals surface area contributed by atoms with Crippen LogP contribution in [0.4, 0.5) is 15.8 Å². The van der Waals surface area contributed by atoms with E-state index in [0.29, 0.717) is 5.69 Å². The number of hydrogen-bond donors (Lipinski definition) is 2. The van der Waals surface area contributed by atoms with Crippen LogP contribution in [0.25, 0.3) is 0 Å². The van der Waals surface area contributed by atoms with Gasteiger partial charge in [-0.05, 0) is 61.7 Å². The van der Waals surface area contributed by atoms with Gasteiger partial charge in [-0.3, -0.25) is 4.79 Å². The summed E-state index contributed by atoms with van der Waals surface area (Å²) >= 11 is 1.45. The summed E-state index contributed by atoms with van der Waals surface area (Å²) in [5, 5.41) is 4.48. The minimum Gasteiger partial charge on any atom is -0.370 e. The molecule has 0 aliphatic carbocycles. The molecule has 3 aromatic rings. The first kappa shape index (κ1) is 22.9. The molecule has 0 spiro atoms. The summed E-state index contributed by atoms with van der Waals surface area (Å²) in [6, 6.07) is 14.0. The molecule has 0 bridgehead atoms. The number of halogens is 1. The number of nitrogens with one attached hydrogen (secondary N) is 2. The van der Waals surface area contributed by atoms with E-state index in [2.05, 4.69) is 10.0 Å². The topological polar surface area (TPSA) is 78.5 Å². The van der Waals surface area contributed by atoms with Crippen molar-refractivity contribution in [3.63, 3.8) is 0 Å². The Morgan fingerprint density at radius 3 is 2.55 bits per heavy atom. The van der Waals surface area contributed by atoms with Crippen molar-refractivity contribution in [2.75, 3.05) is 17.3 Å². The molecule has 1 heterocycles. The second kappa shape index (κ2) is 9.59. The summed E-state index contributed by atoms with van der Waals surface area (Å²) in [6.45, 7) is 4.07. The zero-order chi connectivity index (χ0) is 22.6. The van der Waals surface area contributed by atoms with Gasteiger partial charge in [0, 0.05) is 35.8 Å². The molecule has 0 fully saturated rings. The Balaban J connectivity index is 1.73. The number of anilines is 2. The van der Waals surface area contributed by atoms with Crippen molar-refractivity contribution in [3.8, 4) is 0 Å². The fourth-order valence-electron chi connectivity index (χ4n) is 2.82. The van der Waals surface area contributed by atoms with E-state index in [0.717, 1.165) is 4.88 Å². The van der Waals surface area contributed by atoms with Crippen LogP contribution in [-0.4, -0.2) is 27.4 Å². The van der Waals surface area contributed by atoms with Crippen LogP contribution < -0.4 is 14.9 Å². The van der Waals surface area contributed by atoms with Crippen molar-refractivity contribution < 1.29 is 17.6 Å². The molecule has 9 heteroatoms. The zero-order valence-corrected chi connectivity index (χ0v) is 19.1. The van der Waals surface area contributed by atoms with Crippen LogP contribution in [0, 0.1) is 5.82 Å². The molecule has 0 aliphatic rings. The minimum atomic E-state index is -3.78. The van der Waals surface area contributed by atoms with Gasteiger partial charge < -0.3 is 10.2 Å². The lowest BCUT2D eigenvalue weighted by Crippen LogP contribution is -2.26. The smallest absolute Gasteiger partial charge is 0.255 e. The highest BCUT2D eigenvalue weighted by Gasteiger charge is 2.17. The predicted molar refractivity (Wildman–Crippen MR) is 123 cm³/mol. The number of carbonyl (C=O) groups is 1. The lowest BCUT2D eigenvalue weighted by molar-refractivity contribution is 0.102. The van der Waals surface area contributed by atoms with E-state index in [1.54, 1.807) is 24.1 Å². The van der Waals surface area contributed by atoms with Crippen LogP contribution in [0.2, 0.25) is 0 Å². The summed E-state index contributed by atoms with van der Waals surface area (Å²) in [6.07, 6.45) is 0. The molecular weight excluding hydrogens is 437 g/mol. The Morgan fingerprint density at radius 1 is 1.13 bits per heavy atom. The van der Waals surface area contributed by atoms with Crippen molar-refractivity contribution in [3.05, 3.63) is 76.2 Å². The van der Waals surface area contributed by atoms with Gasteiger partial charge in [-0.15, -0.1) is 11.3 Å². The van der Waals surface area contributed by atoms with E-state index in [4.69, 9.17) is 0 Å². The average Bonchev–Trinajstić information content (AvgIpc) is 3.26. The third-order valence-electron chi connectivity index (χ3n) is 4.78. The van der Waals surface area contributed by atoms with Crippen molar-refractivity contribution in [2.45, 2.75) is 31.3 Å². The molecule has 164 valence electrons. The monoisotopic (exact) mass is 461 g/mol. The number of thiophene rings is 1. The van der Waals surface area contributed by atoms with Gasteiger partial charge in [-0.1, -0.05) is 12.1 Å². The Hall–Kier alpha value is -2.75. The van der Waals surface area contributed by atoms with E-state index in [9.17, 15) is 17.6 Å². The molecule has 0 saturated carbocycles. The SMILES string of the molecule is CC(C)N(C)c1ccc(NC(=O)c2cccc(S(=O)(=O)NCc3cccs3)c2)cc1F. The number of rotatable bonds is 8. The molecule has 2 aromatic carbocycles. The maximum absolute atomic E-state index is 14.5. The summed E-state index contributed by atoms with van der Waals surface area (Å²) in [5.41, 5.74) is 0.869. The highest BCUT2D eigenvalue weighted by atomic mass is 32.2. The molecule has 0 atom stereocenters. The van der Waals surface area contributed by atoms with E-state index in [1.165, 1.54) is 41.7 Å². The summed E-state index contributed by atoms with van der Waals surface area (Å²) in [7, 11) is -1.99. The lowest BCUT2D eigenvalue weighted by atomic mass is 10.2. The molecule has 0 unspecified atom stereocenters. The Kier molecular flexibility index (Phi) is 7.09. The number of benzene rings is 2. The molecular formula is C22H24FN3O3S2. The molecule has 31 heavy (non-hydrogen) atoms. The molecule has 0 radical (unpaired) electrons. The van der Waals surface area contributed by atoms with Gasteiger partial charge in [-0.25, -0.2) is 17.5 Å². The number of carbonyl (C=O) groups excluding carboxylic acids is 1. The van der Waals surface area contributed by atoms with Crippen LogP contribution in [0.3, 0.4) is 0 Å². The van der Waals surface area contributed by atoms with Crippen LogP contribution >= 0.6 is 11.3 Å². The van der Waals surface area contributed by atoms with Gasteiger partial charge in [0.05, 0.1) is 10.6 Å². The highest BCUT2D eigenvalue weighted by molar-refractivity contribution is 7.89. The minimum absolute atomic E-state index is 0.0169. The maximum atomic E-state index is 14.5. The number of nitrogens with zero attached hydrogens (tertiary/aromatic N) is 1. The van der Waals surface area contributed by atoms with Gasteiger partial charge in [0.25, 0.3) is 5.91 Å². The normalized spacial score (nSPS) is 11.5. The summed E-state index contributed by atoms with van der Waals surface area (Å²) in [5.74, 6) is -0.984. The van der Waals surface area contributed by atoms with Crippen molar-refractivity contribution in [1.82, 2.24) is 4.72 Å². The van der Waals surface area contributed by atoms with Crippen molar-refractivity contribution >= 4 is 38.6 Å². The quantitative estimate of drug-likeness (QED) is 0.519. The van der Waals surface area contributed by atoms with E-state index >= 15 is 0 Å². The largest absolute Gasteiger partial charge is 0.370 e. The van der Waals surface area contributed by atoms with Gasteiger partial charge in [-0.2, -0.15) is 0 Å². The average molecular weight is 462 g/mol. The number of hydrogen-bond acceptors (Lipinski definition) is 5. The van der Waals surface area contributed by atoms with Crippen molar-refractivity contribution in [2.24, 2.45) is 0 Å². The van der Waals surface area contributed by atoms with E-state index < -0.39 is 21.7 Å². The zero-order valence-electron chi connectivity index (χ0n) is 17.4. The van der Waals surface area contributed by atoms with Crippen molar-refractivity contribution in [1.29, 1.82) is 0 Å². The first-order chi connectivity index (χ1) is 14.7. The van der Waals surface area contributed by atoms with Gasteiger partial charge in [0.2, 0.25) is 10.0 Å². The number of amides is 1. The molecule has 3 rings (SSSR count). The molecule has 0 saturated heterocycles. The predicted octanol–water partition coefficient (Wildman–Crippen LogP) is 4.46. The van der Waals surface area contributed by atoms with Gasteiger partial charge in [0.1, 0.15) is 5.82 Å². The Morgan fingerprint density at radius 2 is 1.90 bits per heavy atom. The Bertz CT molecular complexity index is 1160. The molecule has 0 aliphatic heterocycles. The molecule has 6 nitrogen and oxygen atoms in total. The second-order valence-corrected chi connectivity index (χ2v) is 10.1. The Labute approximate surface area is 185 Å². The first-order valence-corrected chi connectivity index (χ1v) is 12.0. The van der Waals surface area contributed by atoms with E-state index in [1.807, 2.05) is 31.4 Å². The standard InChI is InChI=1S/C22H24FN3O3S2/c1-15(2)26(3)21-10-9-17(13-20(21)23)25-22(27)16-6-4-8-19(12-16)31(28,29)24-14-18-7-5-11-30-18/h4-13,15,24H,14H2,1-3H3,(H,25,27). The third kappa shape index (κ3) is 5.69. The lowest BCUT2D eigenvalue weighted by Gasteiger charge is -2.24. The highest BCUT2D eigenvalue weighted by Crippen LogP contribution is 2.24. The van der Waals surface area contributed by atoms with Crippen LogP contribution in [-0.2, 0) is 16.6 Å². The summed E-state index contributed by atoms with van der Waals surface area (Å²) in [4.78, 5) is 15.3. The summed E-state index contributed by atoms with van der Waals surface area (Å²) < 4.78 is 42.1. The van der Waals surface area contributed by atoms with Gasteiger partial charge in [0.15, 0.2) is 0 Å². The van der Waals surface area contributed by atoms with E-state index in [-0.39, 0.29) is 28.7 Å². The molecule has 1 aromatic heterocycles. The fraction of sp³-hybridized carbons (Fsp3) is 0.227. The molecule has 1 amide bonds. The first-order valence-electron chi connectivity index (χ1n) is 9.63. The second-order valence-electron chi connectivity index (χ2n) is 7.26. The fourth-order valence-corrected chi connectivity index (χ4v) is 4.61.